The number of hydrogen-bond donors (Lipinski definition) is 1. The van der Waals surface area contributed by atoms with E-state index in [4.69, 9.17) is 15.5 Å². The van der Waals surface area contributed by atoms with Crippen LogP contribution in [-0.2, 0) is 24.0 Å². The zero-order valence-electron chi connectivity index (χ0n) is 17.6. The maximum Gasteiger partial charge on any atom is 0.349 e. The molecule has 0 spiro atoms. The lowest BCUT2D eigenvalue weighted by Crippen LogP contribution is -2.18. The first-order valence-corrected chi connectivity index (χ1v) is 10.4. The molecule has 0 saturated heterocycles. The van der Waals surface area contributed by atoms with Gasteiger partial charge in [0.25, 0.3) is 0 Å². The normalized spacial score (nSPS) is 10.6. The van der Waals surface area contributed by atoms with Gasteiger partial charge < -0.3 is 9.57 Å². The van der Waals surface area contributed by atoms with Gasteiger partial charge in [0.1, 0.15) is 5.56 Å². The van der Waals surface area contributed by atoms with Gasteiger partial charge in [0.2, 0.25) is 0 Å². The average molecular weight is 398 g/mol. The zero-order valence-corrected chi connectivity index (χ0v) is 17.6. The number of aryl methyl sites for hydroxylation is 2. The fourth-order valence-electron chi connectivity index (χ4n) is 3.56. The monoisotopic (exact) mass is 397 g/mol. The smallest absolute Gasteiger partial charge is 0.349 e. The van der Waals surface area contributed by atoms with Crippen molar-refractivity contribution in [2.24, 2.45) is 5.90 Å². The van der Waals surface area contributed by atoms with Gasteiger partial charge in [-0.3, -0.25) is 0 Å². The Morgan fingerprint density at radius 2 is 1.55 bits per heavy atom. The Hall–Kier alpha value is -2.66. The lowest BCUT2D eigenvalue weighted by atomic mass is 9.98. The van der Waals surface area contributed by atoms with E-state index in [9.17, 15) is 9.59 Å². The minimum atomic E-state index is -0.756. The highest BCUT2D eigenvalue weighted by Gasteiger charge is 2.23. The molecule has 2 rings (SSSR count). The summed E-state index contributed by atoms with van der Waals surface area (Å²) in [6, 6.07) is 10.7. The third-order valence-electron chi connectivity index (χ3n) is 5.15. The van der Waals surface area contributed by atoms with E-state index in [1.807, 2.05) is 32.0 Å². The number of nitrogens with two attached hydrogens (primary N) is 1. The van der Waals surface area contributed by atoms with E-state index < -0.39 is 11.9 Å². The van der Waals surface area contributed by atoms with Crippen molar-refractivity contribution in [1.29, 1.82) is 0 Å². The Bertz CT molecular complexity index is 845. The number of benzene rings is 2. The van der Waals surface area contributed by atoms with Crippen LogP contribution in [0.1, 0.15) is 83.9 Å². The van der Waals surface area contributed by atoms with Crippen LogP contribution in [0.4, 0.5) is 0 Å². The van der Waals surface area contributed by atoms with Gasteiger partial charge in [0, 0.05) is 5.56 Å². The minimum Gasteiger partial charge on any atom is -0.410 e. The Morgan fingerprint density at radius 1 is 0.828 bits per heavy atom. The second kappa shape index (κ2) is 11.4. The summed E-state index contributed by atoms with van der Waals surface area (Å²) in [5.74, 6) is 4.31. The second-order valence-corrected chi connectivity index (χ2v) is 7.05. The Kier molecular flexibility index (Phi) is 8.87. The molecule has 0 aliphatic rings. The summed E-state index contributed by atoms with van der Waals surface area (Å²) < 4.78 is 5.19. The highest BCUT2D eigenvalue weighted by molar-refractivity contribution is 6.04. The van der Waals surface area contributed by atoms with E-state index in [2.05, 4.69) is 6.92 Å². The van der Waals surface area contributed by atoms with Gasteiger partial charge in [-0.05, 0) is 48.9 Å². The molecule has 5 nitrogen and oxygen atoms in total. The summed E-state index contributed by atoms with van der Waals surface area (Å²) in [5.41, 5.74) is 3.39. The van der Waals surface area contributed by atoms with Crippen LogP contribution in [0, 0.1) is 0 Å². The molecule has 0 amide bonds. The van der Waals surface area contributed by atoms with Crippen LogP contribution >= 0.6 is 0 Å². The zero-order chi connectivity index (χ0) is 21.2. The Labute approximate surface area is 173 Å². The van der Waals surface area contributed by atoms with Crippen LogP contribution in [0.25, 0.3) is 0 Å². The lowest BCUT2D eigenvalue weighted by Gasteiger charge is -2.15. The van der Waals surface area contributed by atoms with E-state index in [1.165, 1.54) is 6.42 Å². The molecule has 29 heavy (non-hydrogen) atoms. The van der Waals surface area contributed by atoms with Crippen molar-refractivity contribution in [3.63, 3.8) is 0 Å². The first-order valence-electron chi connectivity index (χ1n) is 10.4. The molecule has 0 heterocycles. The fourth-order valence-corrected chi connectivity index (χ4v) is 3.56. The van der Waals surface area contributed by atoms with Crippen molar-refractivity contribution in [2.45, 2.75) is 65.7 Å². The van der Waals surface area contributed by atoms with Crippen LogP contribution in [-0.4, -0.2) is 11.9 Å². The molecule has 0 saturated carbocycles. The highest BCUT2D eigenvalue weighted by Crippen LogP contribution is 2.29. The maximum atomic E-state index is 12.7. The van der Waals surface area contributed by atoms with Crippen LogP contribution in [0.5, 0.6) is 5.75 Å². The van der Waals surface area contributed by atoms with E-state index >= 15 is 0 Å². The molecule has 2 N–H and O–H groups in total. The summed E-state index contributed by atoms with van der Waals surface area (Å²) in [6.45, 7) is 6.15. The second-order valence-electron chi connectivity index (χ2n) is 7.05. The first kappa shape index (κ1) is 22.6. The third-order valence-corrected chi connectivity index (χ3v) is 5.15. The molecular weight excluding hydrogens is 366 g/mol. The molecule has 2 aromatic rings. The van der Waals surface area contributed by atoms with Crippen molar-refractivity contribution in [3.8, 4) is 5.75 Å². The Balaban J connectivity index is 2.21. The summed E-state index contributed by atoms with van der Waals surface area (Å²) in [4.78, 5) is 30.4. The van der Waals surface area contributed by atoms with Crippen LogP contribution < -0.4 is 10.7 Å². The van der Waals surface area contributed by atoms with Crippen molar-refractivity contribution >= 4 is 11.9 Å². The topological polar surface area (TPSA) is 78.6 Å². The number of ether oxygens (including phenoxy) is 1. The van der Waals surface area contributed by atoms with Crippen LogP contribution in [0.2, 0.25) is 0 Å². The van der Waals surface area contributed by atoms with Crippen molar-refractivity contribution in [2.75, 3.05) is 0 Å². The van der Waals surface area contributed by atoms with Crippen LogP contribution in [0.15, 0.2) is 36.4 Å². The molecule has 0 fully saturated rings. The van der Waals surface area contributed by atoms with Gasteiger partial charge in [0.15, 0.2) is 5.75 Å². The quantitative estimate of drug-likeness (QED) is 0.258. The summed E-state index contributed by atoms with van der Waals surface area (Å²) in [5, 5.41) is 0. The summed E-state index contributed by atoms with van der Waals surface area (Å²) >= 11 is 0. The molecule has 2 aromatic carbocycles. The van der Waals surface area contributed by atoms with Gasteiger partial charge in [-0.2, -0.15) is 5.90 Å². The van der Waals surface area contributed by atoms with Gasteiger partial charge >= 0.3 is 11.9 Å². The van der Waals surface area contributed by atoms with Gasteiger partial charge in [-0.15, -0.1) is 0 Å². The molecule has 0 atom stereocenters. The molecule has 0 aliphatic heterocycles. The molecule has 156 valence electrons. The minimum absolute atomic E-state index is 0.162. The highest BCUT2D eigenvalue weighted by atomic mass is 16.6. The molecule has 0 radical (unpaired) electrons. The van der Waals surface area contributed by atoms with Crippen molar-refractivity contribution < 1.29 is 19.2 Å². The standard InChI is InChI=1S/C24H31NO4/c1-4-7-8-9-12-18-13-10-11-14-20(18)23(26)28-24(27)21-16-15-17(5-2)19(6-3)22(21)29-25/h10-11,13-16H,4-9,12,25H2,1-3H3. The van der Waals surface area contributed by atoms with E-state index in [1.54, 1.807) is 18.2 Å². The molecule has 0 bridgehead atoms. The van der Waals surface area contributed by atoms with Gasteiger partial charge in [-0.1, -0.05) is 64.3 Å². The Morgan fingerprint density at radius 3 is 2.21 bits per heavy atom. The predicted octanol–water partition coefficient (Wildman–Crippen LogP) is 5.18. The number of carbonyl (C=O) groups excluding carboxylic acids is 2. The molecule has 0 aromatic heterocycles. The first-order chi connectivity index (χ1) is 14.1. The number of carbonyl (C=O) groups is 2. The van der Waals surface area contributed by atoms with E-state index in [-0.39, 0.29) is 11.3 Å². The van der Waals surface area contributed by atoms with Gasteiger partial charge in [-0.25, -0.2) is 9.59 Å². The summed E-state index contributed by atoms with van der Waals surface area (Å²) in [6.07, 6.45) is 6.66. The molecule has 0 unspecified atom stereocenters. The van der Waals surface area contributed by atoms with E-state index in [0.717, 1.165) is 48.8 Å². The molecular formula is C24H31NO4. The summed E-state index contributed by atoms with van der Waals surface area (Å²) in [7, 11) is 0. The maximum absolute atomic E-state index is 12.7. The number of hydrogen-bond acceptors (Lipinski definition) is 5. The van der Waals surface area contributed by atoms with Crippen molar-refractivity contribution in [3.05, 3.63) is 64.2 Å². The predicted molar refractivity (Wildman–Crippen MR) is 114 cm³/mol. The third kappa shape index (κ3) is 5.67. The number of esters is 2. The number of rotatable bonds is 10. The SMILES string of the molecule is CCCCCCc1ccccc1C(=O)OC(=O)c1ccc(CC)c(CC)c1ON. The van der Waals surface area contributed by atoms with Gasteiger partial charge in [0.05, 0.1) is 5.56 Å². The molecule has 0 aliphatic carbocycles. The van der Waals surface area contributed by atoms with E-state index in [0.29, 0.717) is 12.0 Å². The largest absolute Gasteiger partial charge is 0.410 e. The van der Waals surface area contributed by atoms with Crippen LogP contribution in [0.3, 0.4) is 0 Å². The fraction of sp³-hybridized carbons (Fsp3) is 0.417. The lowest BCUT2D eigenvalue weighted by molar-refractivity contribution is 0.0394. The average Bonchev–Trinajstić information content (AvgIpc) is 2.75. The molecule has 5 heteroatoms. The number of unbranched alkanes of at least 4 members (excludes halogenated alkanes) is 3. The van der Waals surface area contributed by atoms with Crippen molar-refractivity contribution in [1.82, 2.24) is 0 Å².